The minimum Gasteiger partial charge on any atom is -0.465 e. The highest BCUT2D eigenvalue weighted by Crippen LogP contribution is 2.27. The van der Waals surface area contributed by atoms with E-state index in [1.807, 2.05) is 0 Å². The van der Waals surface area contributed by atoms with Gasteiger partial charge >= 0.3 is 5.97 Å². The van der Waals surface area contributed by atoms with Crippen molar-refractivity contribution in [3.05, 3.63) is 86.6 Å². The topological polar surface area (TPSA) is 124 Å². The normalized spacial score (nSPS) is 10.7. The van der Waals surface area contributed by atoms with Crippen molar-refractivity contribution in [2.45, 2.75) is 0 Å². The highest BCUT2D eigenvalue weighted by atomic mass is 35.5. The van der Waals surface area contributed by atoms with Crippen LogP contribution in [-0.4, -0.2) is 30.1 Å². The number of hydrogen-bond donors (Lipinski definition) is 1. The summed E-state index contributed by atoms with van der Waals surface area (Å²) in [6.45, 7) is 0. The number of carbonyl (C=O) groups excluding carboxylic acids is 2. The highest BCUT2D eigenvalue weighted by molar-refractivity contribution is 6.33. The Morgan fingerprint density at radius 3 is 2.53 bits per heavy atom. The number of hydrogen-bond acceptors (Lipinski definition) is 7. The fourth-order valence-corrected chi connectivity index (χ4v) is 2.73. The van der Waals surface area contributed by atoms with Crippen LogP contribution in [0.1, 0.15) is 26.5 Å². The van der Waals surface area contributed by atoms with Crippen LogP contribution < -0.4 is 5.43 Å². The fraction of sp³-hybridized carbons (Fsp3) is 0.0500. The van der Waals surface area contributed by atoms with Gasteiger partial charge in [0.2, 0.25) is 0 Å². The van der Waals surface area contributed by atoms with E-state index in [2.05, 4.69) is 15.3 Å². The van der Waals surface area contributed by atoms with Gasteiger partial charge in [-0.3, -0.25) is 14.9 Å². The second kappa shape index (κ2) is 9.01. The molecule has 1 amide bonds. The number of hydrazone groups is 1. The Kier molecular flexibility index (Phi) is 6.23. The number of nitrogens with zero attached hydrogens (tertiary/aromatic N) is 2. The summed E-state index contributed by atoms with van der Waals surface area (Å²) in [4.78, 5) is 33.7. The summed E-state index contributed by atoms with van der Waals surface area (Å²) in [5.74, 6) is -0.223. The van der Waals surface area contributed by atoms with Crippen molar-refractivity contribution in [3.8, 4) is 11.3 Å². The van der Waals surface area contributed by atoms with Crippen LogP contribution in [0.15, 0.2) is 64.1 Å². The van der Waals surface area contributed by atoms with Crippen molar-refractivity contribution in [2.75, 3.05) is 7.11 Å². The third-order valence-electron chi connectivity index (χ3n) is 3.98. The Labute approximate surface area is 175 Å². The summed E-state index contributed by atoms with van der Waals surface area (Å²) in [5.41, 5.74) is 3.30. The van der Waals surface area contributed by atoms with Gasteiger partial charge in [0.1, 0.15) is 11.5 Å². The molecule has 0 radical (unpaired) electrons. The third kappa shape index (κ3) is 4.70. The number of benzene rings is 2. The van der Waals surface area contributed by atoms with Crippen molar-refractivity contribution in [2.24, 2.45) is 5.10 Å². The number of nitrogens with one attached hydrogen (secondary N) is 1. The lowest BCUT2D eigenvalue weighted by molar-refractivity contribution is -0.384. The highest BCUT2D eigenvalue weighted by Gasteiger charge is 2.13. The van der Waals surface area contributed by atoms with Crippen LogP contribution >= 0.6 is 11.6 Å². The van der Waals surface area contributed by atoms with Gasteiger partial charge in [-0.2, -0.15) is 5.10 Å². The molecule has 10 heteroatoms. The number of esters is 1. The Morgan fingerprint density at radius 2 is 1.90 bits per heavy atom. The van der Waals surface area contributed by atoms with Gasteiger partial charge in [0.05, 0.1) is 28.8 Å². The molecule has 0 unspecified atom stereocenters. The summed E-state index contributed by atoms with van der Waals surface area (Å²) >= 11 is 6.11. The van der Waals surface area contributed by atoms with Crippen LogP contribution in [-0.2, 0) is 4.74 Å². The van der Waals surface area contributed by atoms with E-state index in [0.717, 1.165) is 0 Å². The predicted octanol–water partition coefficient (Wildman–Crippen LogP) is 4.06. The van der Waals surface area contributed by atoms with E-state index in [4.69, 9.17) is 16.0 Å². The molecule has 1 aromatic heterocycles. The Balaban J connectivity index is 1.66. The van der Waals surface area contributed by atoms with Crippen LogP contribution in [0.4, 0.5) is 5.69 Å². The molecule has 0 aliphatic carbocycles. The molecule has 0 bridgehead atoms. The summed E-state index contributed by atoms with van der Waals surface area (Å²) in [6, 6.07) is 13.2. The van der Waals surface area contributed by atoms with Crippen LogP contribution in [0.2, 0.25) is 5.02 Å². The van der Waals surface area contributed by atoms with Crippen molar-refractivity contribution in [3.63, 3.8) is 0 Å². The first-order chi connectivity index (χ1) is 14.4. The summed E-state index contributed by atoms with van der Waals surface area (Å²) in [6.07, 6.45) is 1.30. The van der Waals surface area contributed by atoms with E-state index in [1.165, 1.54) is 43.7 Å². The number of non-ortho nitro benzene ring substituents is 1. The second-order valence-electron chi connectivity index (χ2n) is 5.89. The summed E-state index contributed by atoms with van der Waals surface area (Å²) in [7, 11) is 1.27. The average Bonchev–Trinajstić information content (AvgIpc) is 3.22. The summed E-state index contributed by atoms with van der Waals surface area (Å²) < 4.78 is 10.3. The zero-order chi connectivity index (χ0) is 21.7. The lowest BCUT2D eigenvalue weighted by Crippen LogP contribution is -2.17. The number of nitro groups is 1. The number of ether oxygens (including phenoxy) is 1. The molecule has 1 N–H and O–H groups in total. The summed E-state index contributed by atoms with van der Waals surface area (Å²) in [5, 5.41) is 14.7. The second-order valence-corrected chi connectivity index (χ2v) is 6.30. The van der Waals surface area contributed by atoms with Gasteiger partial charge in [0, 0.05) is 23.3 Å². The molecule has 2 aromatic carbocycles. The lowest BCUT2D eigenvalue weighted by Gasteiger charge is -2.04. The van der Waals surface area contributed by atoms with Gasteiger partial charge in [-0.05, 0) is 36.4 Å². The molecule has 0 spiro atoms. The van der Waals surface area contributed by atoms with Gasteiger partial charge < -0.3 is 9.15 Å². The number of rotatable bonds is 6. The molecule has 0 aliphatic heterocycles. The molecule has 0 fully saturated rings. The Hall–Kier alpha value is -3.98. The minimum absolute atomic E-state index is 0.113. The number of halogens is 1. The molecule has 30 heavy (non-hydrogen) atoms. The SMILES string of the molecule is COC(=O)c1ccc(-c2ccc(/C=N\NC(=O)c3ccc([N+](=O)[O-])cc3)o2)cc1Cl. The van der Waals surface area contributed by atoms with Gasteiger partial charge in [-0.1, -0.05) is 17.7 Å². The monoisotopic (exact) mass is 427 g/mol. The van der Waals surface area contributed by atoms with Crippen molar-refractivity contribution >= 4 is 35.4 Å². The smallest absolute Gasteiger partial charge is 0.339 e. The molecule has 0 atom stereocenters. The fourth-order valence-electron chi connectivity index (χ4n) is 2.47. The zero-order valence-electron chi connectivity index (χ0n) is 15.5. The molecule has 152 valence electrons. The molecule has 0 saturated carbocycles. The van der Waals surface area contributed by atoms with Crippen LogP contribution in [0.5, 0.6) is 0 Å². The van der Waals surface area contributed by atoms with Crippen LogP contribution in [0, 0.1) is 10.1 Å². The van der Waals surface area contributed by atoms with Gasteiger partial charge in [0.15, 0.2) is 0 Å². The number of methoxy groups -OCH3 is 1. The maximum absolute atomic E-state index is 12.0. The Morgan fingerprint density at radius 1 is 1.17 bits per heavy atom. The van der Waals surface area contributed by atoms with E-state index in [9.17, 15) is 19.7 Å². The first kappa shape index (κ1) is 20.7. The molecule has 0 aliphatic rings. The van der Waals surface area contributed by atoms with Crippen molar-refractivity contribution < 1.29 is 23.7 Å². The number of amides is 1. The first-order valence-corrected chi connectivity index (χ1v) is 8.83. The standard InChI is InChI=1S/C20H14ClN3O6/c1-29-20(26)16-8-4-13(10-17(16)21)18-9-7-15(30-18)11-22-23-19(25)12-2-5-14(6-3-12)24(27)28/h2-11H,1H3,(H,23,25)/b22-11-. The molecule has 0 saturated heterocycles. The number of furan rings is 1. The van der Waals surface area contributed by atoms with Gasteiger partial charge in [-0.15, -0.1) is 0 Å². The predicted molar refractivity (Wildman–Crippen MR) is 109 cm³/mol. The van der Waals surface area contributed by atoms with Crippen molar-refractivity contribution in [1.29, 1.82) is 0 Å². The van der Waals surface area contributed by atoms with E-state index >= 15 is 0 Å². The van der Waals surface area contributed by atoms with E-state index in [-0.39, 0.29) is 21.8 Å². The third-order valence-corrected chi connectivity index (χ3v) is 4.30. The van der Waals surface area contributed by atoms with Crippen LogP contribution in [0.25, 0.3) is 11.3 Å². The molecule has 9 nitrogen and oxygen atoms in total. The van der Waals surface area contributed by atoms with Gasteiger partial charge in [0.25, 0.3) is 11.6 Å². The molecule has 3 aromatic rings. The largest absolute Gasteiger partial charge is 0.465 e. The van der Waals surface area contributed by atoms with Crippen molar-refractivity contribution in [1.82, 2.24) is 5.43 Å². The number of carbonyl (C=O) groups is 2. The minimum atomic E-state index is -0.551. The quantitative estimate of drug-likeness (QED) is 0.274. The molecule has 1 heterocycles. The maximum atomic E-state index is 12.0. The molecule has 3 rings (SSSR count). The van der Waals surface area contributed by atoms with E-state index < -0.39 is 16.8 Å². The zero-order valence-corrected chi connectivity index (χ0v) is 16.3. The molecular formula is C20H14ClN3O6. The first-order valence-electron chi connectivity index (χ1n) is 8.45. The Bertz CT molecular complexity index is 1140. The average molecular weight is 428 g/mol. The van der Waals surface area contributed by atoms with Gasteiger partial charge in [-0.25, -0.2) is 10.2 Å². The van der Waals surface area contributed by atoms with Crippen LogP contribution in [0.3, 0.4) is 0 Å². The molecular weight excluding hydrogens is 414 g/mol. The maximum Gasteiger partial charge on any atom is 0.339 e. The van der Waals surface area contributed by atoms with E-state index in [0.29, 0.717) is 17.1 Å². The lowest BCUT2D eigenvalue weighted by atomic mass is 10.1. The van der Waals surface area contributed by atoms with E-state index in [1.54, 1.807) is 24.3 Å². The number of nitro benzene ring substituents is 1.